The van der Waals surface area contributed by atoms with Crippen molar-refractivity contribution in [1.29, 1.82) is 0 Å². The average Bonchev–Trinajstić information content (AvgIpc) is 3.28. The molecule has 1 aromatic carbocycles. The zero-order valence-electron chi connectivity index (χ0n) is 13.4. The van der Waals surface area contributed by atoms with Crippen LogP contribution in [0.25, 0.3) is 0 Å². The molecule has 1 N–H and O–H groups in total. The number of benzene rings is 1. The summed E-state index contributed by atoms with van der Waals surface area (Å²) in [6.07, 6.45) is 3.49. The van der Waals surface area contributed by atoms with Crippen LogP contribution in [0.2, 0.25) is 0 Å². The van der Waals surface area contributed by atoms with Crippen molar-refractivity contribution in [3.8, 4) is 0 Å². The minimum atomic E-state index is 0. The van der Waals surface area contributed by atoms with Crippen molar-refractivity contribution in [3.05, 3.63) is 35.9 Å². The number of carbonyl (C=O) groups is 1. The Morgan fingerprint density at radius 3 is 2.70 bits per heavy atom. The maximum atomic E-state index is 13.1. The van der Waals surface area contributed by atoms with Gasteiger partial charge in [-0.3, -0.25) is 4.79 Å². The van der Waals surface area contributed by atoms with Crippen molar-refractivity contribution in [2.75, 3.05) is 31.1 Å². The highest BCUT2D eigenvalue weighted by atomic mass is 35.5. The summed E-state index contributed by atoms with van der Waals surface area (Å²) in [5.41, 5.74) is 1.64. The Morgan fingerprint density at radius 1 is 1.22 bits per heavy atom. The van der Waals surface area contributed by atoms with Gasteiger partial charge in [0.05, 0.1) is 6.04 Å². The molecule has 0 aromatic heterocycles. The molecule has 2 atom stereocenters. The number of carbonyl (C=O) groups excluding carboxylic acids is 1. The molecule has 2 unspecified atom stereocenters. The van der Waals surface area contributed by atoms with E-state index in [1.165, 1.54) is 18.4 Å². The molecular formula is C18H25ClN2OS. The highest BCUT2D eigenvalue weighted by Crippen LogP contribution is 2.59. The average molecular weight is 353 g/mol. The molecule has 23 heavy (non-hydrogen) atoms. The van der Waals surface area contributed by atoms with Crippen LogP contribution in [-0.2, 0) is 4.79 Å². The molecule has 3 aliphatic rings. The number of thioether (sulfide) groups is 1. The van der Waals surface area contributed by atoms with E-state index in [2.05, 4.69) is 40.5 Å². The lowest BCUT2D eigenvalue weighted by atomic mass is 9.91. The third-order valence-corrected chi connectivity index (χ3v) is 6.71. The van der Waals surface area contributed by atoms with Crippen molar-refractivity contribution >= 4 is 30.1 Å². The molecule has 3 fully saturated rings. The molecule has 0 radical (unpaired) electrons. The van der Waals surface area contributed by atoms with Gasteiger partial charge in [-0.05, 0) is 43.3 Å². The van der Waals surface area contributed by atoms with Crippen molar-refractivity contribution in [2.24, 2.45) is 11.3 Å². The first-order chi connectivity index (χ1) is 10.8. The van der Waals surface area contributed by atoms with Crippen LogP contribution in [0.1, 0.15) is 30.9 Å². The van der Waals surface area contributed by atoms with E-state index in [1.54, 1.807) is 0 Å². The van der Waals surface area contributed by atoms with Crippen LogP contribution in [-0.4, -0.2) is 41.9 Å². The Balaban J connectivity index is 0.00000156. The molecule has 1 saturated carbocycles. The van der Waals surface area contributed by atoms with Crippen LogP contribution in [0.3, 0.4) is 0 Å². The third kappa shape index (κ3) is 3.26. The van der Waals surface area contributed by atoms with Crippen molar-refractivity contribution in [2.45, 2.75) is 25.3 Å². The minimum absolute atomic E-state index is 0. The van der Waals surface area contributed by atoms with Gasteiger partial charge in [0.1, 0.15) is 0 Å². The van der Waals surface area contributed by atoms with Crippen LogP contribution >= 0.6 is 24.2 Å². The SMILES string of the molecule is Cl.O=C(C1CC12CCNCC2)N1CCSCC1c1ccccc1. The van der Waals surface area contributed by atoms with Crippen LogP contribution < -0.4 is 5.32 Å². The number of amides is 1. The number of nitrogens with one attached hydrogen (secondary N) is 1. The fraction of sp³-hybridized carbons (Fsp3) is 0.611. The molecule has 4 rings (SSSR count). The fourth-order valence-corrected chi connectivity index (χ4v) is 5.28. The van der Waals surface area contributed by atoms with Gasteiger partial charge in [-0.15, -0.1) is 12.4 Å². The highest BCUT2D eigenvalue weighted by molar-refractivity contribution is 7.99. The van der Waals surface area contributed by atoms with E-state index in [9.17, 15) is 4.79 Å². The van der Waals surface area contributed by atoms with E-state index < -0.39 is 0 Å². The maximum Gasteiger partial charge on any atom is 0.226 e. The Bertz CT molecular complexity index is 547. The van der Waals surface area contributed by atoms with Gasteiger partial charge in [-0.25, -0.2) is 0 Å². The van der Waals surface area contributed by atoms with Crippen molar-refractivity contribution < 1.29 is 4.79 Å². The lowest BCUT2D eigenvalue weighted by Gasteiger charge is -2.37. The first kappa shape index (κ1) is 17.1. The van der Waals surface area contributed by atoms with E-state index in [-0.39, 0.29) is 18.4 Å². The maximum absolute atomic E-state index is 13.1. The lowest BCUT2D eigenvalue weighted by Crippen LogP contribution is -2.43. The van der Waals surface area contributed by atoms with E-state index in [1.807, 2.05) is 11.8 Å². The highest BCUT2D eigenvalue weighted by Gasteiger charge is 2.59. The molecule has 2 saturated heterocycles. The third-order valence-electron chi connectivity index (χ3n) is 5.68. The Labute approximate surface area is 149 Å². The second-order valence-electron chi connectivity index (χ2n) is 6.90. The summed E-state index contributed by atoms with van der Waals surface area (Å²) in [6.45, 7) is 3.08. The summed E-state index contributed by atoms with van der Waals surface area (Å²) >= 11 is 1.97. The zero-order chi connectivity index (χ0) is 15.0. The van der Waals surface area contributed by atoms with Gasteiger partial charge in [-0.2, -0.15) is 11.8 Å². The molecule has 2 heterocycles. The summed E-state index contributed by atoms with van der Waals surface area (Å²) in [5, 5.41) is 3.43. The van der Waals surface area contributed by atoms with Gasteiger partial charge in [0, 0.05) is 24.0 Å². The monoisotopic (exact) mass is 352 g/mol. The van der Waals surface area contributed by atoms with E-state index >= 15 is 0 Å². The number of rotatable bonds is 2. The second kappa shape index (κ2) is 7.04. The van der Waals surface area contributed by atoms with Gasteiger partial charge in [0.25, 0.3) is 0 Å². The number of hydrogen-bond donors (Lipinski definition) is 1. The molecular weight excluding hydrogens is 328 g/mol. The molecule has 1 aliphatic carbocycles. The summed E-state index contributed by atoms with van der Waals surface area (Å²) < 4.78 is 0. The molecule has 3 nitrogen and oxygen atoms in total. The standard InChI is InChI=1S/C18H24N2OS.ClH/c21-17(15-12-18(15)6-8-19-9-7-18)20-10-11-22-13-16(20)14-4-2-1-3-5-14;/h1-5,15-16,19H,6-13H2;1H. The summed E-state index contributed by atoms with van der Waals surface area (Å²) in [7, 11) is 0. The Hall–Kier alpha value is -0.710. The predicted molar refractivity (Wildman–Crippen MR) is 98.1 cm³/mol. The summed E-state index contributed by atoms with van der Waals surface area (Å²) in [4.78, 5) is 15.3. The number of piperidine rings is 1. The van der Waals surface area contributed by atoms with Gasteiger partial charge in [0.2, 0.25) is 5.91 Å². The first-order valence-electron chi connectivity index (χ1n) is 8.44. The van der Waals surface area contributed by atoms with Crippen molar-refractivity contribution in [3.63, 3.8) is 0 Å². The zero-order valence-corrected chi connectivity index (χ0v) is 15.0. The lowest BCUT2D eigenvalue weighted by molar-refractivity contribution is -0.135. The van der Waals surface area contributed by atoms with Crippen LogP contribution in [0.15, 0.2) is 30.3 Å². The minimum Gasteiger partial charge on any atom is -0.334 e. The topological polar surface area (TPSA) is 32.3 Å². The van der Waals surface area contributed by atoms with Gasteiger partial charge < -0.3 is 10.2 Å². The molecule has 1 amide bonds. The predicted octanol–water partition coefficient (Wildman–Crippen LogP) is 3.11. The van der Waals surface area contributed by atoms with Crippen LogP contribution in [0, 0.1) is 11.3 Å². The number of hydrogen-bond acceptors (Lipinski definition) is 3. The normalized spacial score (nSPS) is 29.0. The fourth-order valence-electron chi connectivity index (χ4n) is 4.19. The number of halogens is 1. The molecule has 2 aliphatic heterocycles. The molecule has 1 spiro atoms. The van der Waals surface area contributed by atoms with Gasteiger partial charge in [0.15, 0.2) is 0 Å². The molecule has 126 valence electrons. The summed E-state index contributed by atoms with van der Waals surface area (Å²) in [5.74, 6) is 2.84. The van der Waals surface area contributed by atoms with E-state index in [0.29, 0.717) is 17.2 Å². The van der Waals surface area contributed by atoms with Gasteiger partial charge in [-0.1, -0.05) is 30.3 Å². The van der Waals surface area contributed by atoms with Gasteiger partial charge >= 0.3 is 0 Å². The van der Waals surface area contributed by atoms with E-state index in [4.69, 9.17) is 0 Å². The second-order valence-corrected chi connectivity index (χ2v) is 8.05. The first-order valence-corrected chi connectivity index (χ1v) is 9.60. The van der Waals surface area contributed by atoms with Crippen molar-refractivity contribution in [1.82, 2.24) is 10.2 Å². The van der Waals surface area contributed by atoms with E-state index in [0.717, 1.165) is 37.6 Å². The van der Waals surface area contributed by atoms with Crippen LogP contribution in [0.4, 0.5) is 0 Å². The smallest absolute Gasteiger partial charge is 0.226 e. The Morgan fingerprint density at radius 2 is 1.96 bits per heavy atom. The molecule has 1 aromatic rings. The molecule has 5 heteroatoms. The summed E-state index contributed by atoms with van der Waals surface area (Å²) in [6, 6.07) is 10.8. The number of nitrogens with zero attached hydrogens (tertiary/aromatic N) is 1. The quantitative estimate of drug-likeness (QED) is 0.887. The Kier molecular flexibility index (Phi) is 5.24. The largest absolute Gasteiger partial charge is 0.334 e. The molecule has 0 bridgehead atoms. The van der Waals surface area contributed by atoms with Crippen LogP contribution in [0.5, 0.6) is 0 Å².